The first kappa shape index (κ1) is 69.2. The summed E-state index contributed by atoms with van der Waals surface area (Å²) in [5.74, 6) is 4.25. The van der Waals surface area contributed by atoms with Crippen molar-refractivity contribution in [2.75, 3.05) is 0 Å². The minimum Gasteiger partial charge on any atom is -0.741 e. The van der Waals surface area contributed by atoms with Gasteiger partial charge in [0.15, 0.2) is 30.4 Å². The molecule has 0 atom stereocenters. The van der Waals surface area contributed by atoms with Crippen LogP contribution in [-0.4, -0.2) is 55.4 Å². The summed E-state index contributed by atoms with van der Waals surface area (Å²) in [5, 5.41) is 0. The smallest absolute Gasteiger partial charge is 0.741 e. The Morgan fingerprint density at radius 3 is 0.519 bits per heavy atom. The molecule has 0 radical (unpaired) electrons. The van der Waals surface area contributed by atoms with Gasteiger partial charge in [0.2, 0.25) is 0 Å². The third kappa shape index (κ3) is 31.9. The molecule has 1 aliphatic rings. The zero-order valence-corrected chi connectivity index (χ0v) is 44.8. The van der Waals surface area contributed by atoms with Crippen LogP contribution in [-0.2, 0) is 49.8 Å². The van der Waals surface area contributed by atoms with Crippen molar-refractivity contribution in [2.24, 2.45) is 0 Å². The van der Waals surface area contributed by atoms with Crippen LogP contribution in [0.4, 0.5) is 39.5 Å². The number of hydrogen-bond donors (Lipinski definition) is 0. The topological polar surface area (TPSA) is 227 Å². The molecule has 0 saturated carbocycles. The van der Waals surface area contributed by atoms with Crippen LogP contribution in [0.3, 0.4) is 0 Å². The van der Waals surface area contributed by atoms with Gasteiger partial charge >= 0.3 is 53.2 Å². The number of hydrogen-bond acceptors (Lipinski definition) is 15. The fourth-order valence-corrected chi connectivity index (χ4v) is 6.36. The molecule has 1 aliphatic carbocycles. The zero-order valence-electron chi connectivity index (χ0n) is 38.9. The van der Waals surface area contributed by atoms with Gasteiger partial charge < -0.3 is 40.8 Å². The Hall–Kier alpha value is -5.82. The number of rotatable bonds is 12. The zero-order chi connectivity index (χ0) is 56.7. The monoisotopic (exact) mass is 1280 g/mol. The summed E-state index contributed by atoms with van der Waals surface area (Å²) >= 11 is 0. The summed E-state index contributed by atoms with van der Waals surface area (Å²) in [6.45, 7) is 0. The average molecular weight is 1280 g/mol. The van der Waals surface area contributed by atoms with Gasteiger partial charge in [-0.15, -0.1) is 0 Å². The number of allylic oxidation sites excluding steroid dienone is 4. The predicted octanol–water partition coefficient (Wildman–Crippen LogP) is 13.7. The van der Waals surface area contributed by atoms with Crippen LogP contribution in [0.5, 0.6) is 34.5 Å². The Morgan fingerprint density at radius 1 is 0.299 bits per heavy atom. The molecule has 0 bridgehead atoms. The van der Waals surface area contributed by atoms with Gasteiger partial charge in [-0.3, -0.25) is 0 Å². The number of halogens is 9. The Labute approximate surface area is 453 Å². The number of benzene rings is 6. The molecule has 0 N–H and O–H groups in total. The van der Waals surface area contributed by atoms with Crippen molar-refractivity contribution in [3.8, 4) is 34.5 Å². The Morgan fingerprint density at radius 2 is 0.416 bits per heavy atom. The molecule has 0 aliphatic heterocycles. The molecule has 77 heavy (non-hydrogen) atoms. The van der Waals surface area contributed by atoms with E-state index >= 15 is 0 Å². The van der Waals surface area contributed by atoms with Crippen LogP contribution in [0, 0.1) is 0 Å². The summed E-state index contributed by atoms with van der Waals surface area (Å²) in [7, 11) is -21.4. The van der Waals surface area contributed by atoms with Gasteiger partial charge in [-0.05, 0) is 98.5 Å². The van der Waals surface area contributed by atoms with Crippen molar-refractivity contribution in [1.29, 1.82) is 0 Å². The van der Waals surface area contributed by atoms with Gasteiger partial charge in [0.1, 0.15) is 34.5 Å². The molecule has 0 amide bonds. The summed E-state index contributed by atoms with van der Waals surface area (Å²) < 4.78 is 212. The van der Waals surface area contributed by atoms with Gasteiger partial charge in [0.25, 0.3) is 0 Å². The predicted molar refractivity (Wildman–Crippen MR) is 260 cm³/mol. The van der Waals surface area contributed by atoms with Crippen molar-refractivity contribution in [3.05, 3.63) is 206 Å². The van der Waals surface area contributed by atoms with E-state index in [9.17, 15) is 39.5 Å². The number of para-hydroxylation sites is 6. The van der Waals surface area contributed by atoms with Gasteiger partial charge in [0.05, 0.1) is 0 Å². The van der Waals surface area contributed by atoms with Crippen LogP contribution in [0.25, 0.3) is 0 Å². The van der Waals surface area contributed by atoms with Crippen LogP contribution < -0.4 is 27.1 Å². The molecule has 0 unspecified atom stereocenters. The molecule has 15 nitrogen and oxygen atoms in total. The van der Waals surface area contributed by atoms with Crippen molar-refractivity contribution >= 4 is 47.6 Å². The van der Waals surface area contributed by atoms with E-state index in [1.807, 2.05) is 182 Å². The third-order valence-corrected chi connectivity index (χ3v) is 11.6. The van der Waals surface area contributed by atoms with Crippen molar-refractivity contribution in [1.82, 2.24) is 0 Å². The third-order valence-electron chi connectivity index (χ3n) is 7.72. The van der Waals surface area contributed by atoms with Crippen LogP contribution in [0.2, 0.25) is 0 Å². The summed E-state index contributed by atoms with van der Waals surface area (Å²) in [6, 6.07) is 57.0. The molecule has 6 aromatic rings. The van der Waals surface area contributed by atoms with E-state index in [-0.39, 0.29) is 19.5 Å². The first-order chi connectivity index (χ1) is 35.5. The van der Waals surface area contributed by atoms with Gasteiger partial charge in [-0.25, -0.2) is 25.3 Å². The second kappa shape index (κ2) is 34.8. The van der Waals surface area contributed by atoms with Crippen LogP contribution in [0.1, 0.15) is 25.7 Å². The minimum atomic E-state index is -6.09. The molecular formula is C47H42F9O15P2RhS3. The van der Waals surface area contributed by atoms with E-state index < -0.39 is 64.1 Å². The largest absolute Gasteiger partial charge is 3.00 e. The van der Waals surface area contributed by atoms with Crippen LogP contribution >= 0.6 is 17.2 Å². The van der Waals surface area contributed by atoms with E-state index in [0.717, 1.165) is 0 Å². The van der Waals surface area contributed by atoms with Crippen molar-refractivity contribution in [3.63, 3.8) is 0 Å². The Bertz CT molecular complexity index is 2480. The van der Waals surface area contributed by atoms with Crippen molar-refractivity contribution < 1.29 is 125 Å². The minimum absolute atomic E-state index is 0. The normalized spacial score (nSPS) is 13.1. The molecule has 0 fully saturated rings. The molecule has 0 saturated heterocycles. The second-order valence-corrected chi connectivity index (χ2v) is 19.8. The van der Waals surface area contributed by atoms with Gasteiger partial charge in [-0.1, -0.05) is 133 Å². The first-order valence-electron chi connectivity index (χ1n) is 20.9. The second-order valence-electron chi connectivity index (χ2n) is 13.7. The van der Waals surface area contributed by atoms with E-state index in [0.29, 0.717) is 34.5 Å². The van der Waals surface area contributed by atoms with Gasteiger partial charge in [-0.2, -0.15) is 39.5 Å². The van der Waals surface area contributed by atoms with E-state index in [2.05, 4.69) is 24.3 Å². The van der Waals surface area contributed by atoms with E-state index in [4.69, 9.17) is 66.1 Å². The fourth-order valence-electron chi connectivity index (χ4n) is 4.37. The van der Waals surface area contributed by atoms with Crippen LogP contribution in [0.15, 0.2) is 206 Å². The molecule has 30 heteroatoms. The molecule has 7 rings (SSSR count). The molecule has 0 aromatic heterocycles. The number of alkyl halides is 9. The van der Waals surface area contributed by atoms with E-state index in [1.54, 1.807) is 0 Å². The Kier molecular flexibility index (Phi) is 31.3. The Balaban J connectivity index is 0.000000498. The molecule has 0 heterocycles. The molecule has 420 valence electrons. The maximum Gasteiger partial charge on any atom is 3.00 e. The first-order valence-corrected chi connectivity index (χ1v) is 27.3. The van der Waals surface area contributed by atoms with Gasteiger partial charge in [0, 0.05) is 0 Å². The summed E-state index contributed by atoms with van der Waals surface area (Å²) in [6.07, 6.45) is 14.0. The standard InChI is InChI=1S/2C18H15O3P.C8H12.3CHF3O3S.Rh/c2*1-4-10-16(11-5-1)19-22(20-17-12-6-2-7-13-17)21-18-14-8-3-9-15-18;1-2-4-6-8-7-5-3-1;3*2-1(3,4)8(5,6)7;/h2*1-15H;1-2,7-8H,3-6H2;3*(H,5,6,7);/q;;;;;;+3/p-3/b;;2-1-,8-7-;;;;. The maximum absolute atomic E-state index is 10.7. The fraction of sp³-hybridized carbons (Fsp3) is 0.149. The maximum atomic E-state index is 10.7. The molecular weight excluding hydrogens is 1240 g/mol. The average Bonchev–Trinajstić information content (AvgIpc) is 3.32. The van der Waals surface area contributed by atoms with Crippen molar-refractivity contribution in [2.45, 2.75) is 42.2 Å². The SMILES string of the molecule is C1=C\CC/C=C\CC/1.O=S(=O)([O-])C(F)(F)F.O=S(=O)([O-])C(F)(F)F.O=S(=O)([O-])C(F)(F)F.[Rh+3].c1ccc(OP(Oc2ccccc2)Oc2ccccc2)cc1.c1ccc(OP(Oc2ccccc2)Oc2ccccc2)cc1. The summed E-state index contributed by atoms with van der Waals surface area (Å²) in [4.78, 5) is 0. The molecule has 6 aromatic carbocycles. The van der Waals surface area contributed by atoms with E-state index in [1.165, 1.54) is 25.7 Å². The molecule has 0 spiro atoms. The summed E-state index contributed by atoms with van der Waals surface area (Å²) in [5.41, 5.74) is -16.9. The quantitative estimate of drug-likeness (QED) is 0.0277.